The summed E-state index contributed by atoms with van der Waals surface area (Å²) in [5.41, 5.74) is 1.88. The van der Waals surface area contributed by atoms with E-state index in [2.05, 4.69) is 5.32 Å². The number of morpholine rings is 1. The van der Waals surface area contributed by atoms with E-state index in [0.717, 1.165) is 35.9 Å². The van der Waals surface area contributed by atoms with Crippen molar-refractivity contribution < 1.29 is 22.7 Å². The van der Waals surface area contributed by atoms with Crippen LogP contribution in [0, 0.1) is 0 Å². The van der Waals surface area contributed by atoms with Gasteiger partial charge in [-0.1, -0.05) is 18.2 Å². The maximum absolute atomic E-state index is 13.0. The fourth-order valence-corrected chi connectivity index (χ4v) is 3.95. The van der Waals surface area contributed by atoms with Crippen molar-refractivity contribution in [3.05, 3.63) is 36.0 Å². The number of hydrogen-bond donors (Lipinski definition) is 1. The zero-order valence-corrected chi connectivity index (χ0v) is 16.3. The summed E-state index contributed by atoms with van der Waals surface area (Å²) in [4.78, 5) is 14.9. The first-order chi connectivity index (χ1) is 13.9. The molecular formula is C21H26F3N3O2. The van der Waals surface area contributed by atoms with Gasteiger partial charge >= 0.3 is 6.18 Å². The molecule has 1 saturated heterocycles. The molecule has 5 nitrogen and oxygen atoms in total. The molecule has 29 heavy (non-hydrogen) atoms. The molecule has 1 saturated carbocycles. The number of nitrogens with one attached hydrogen (secondary N) is 1. The normalized spacial score (nSPS) is 20.2. The van der Waals surface area contributed by atoms with E-state index in [0.29, 0.717) is 26.2 Å². The second kappa shape index (κ2) is 8.36. The molecule has 0 spiro atoms. The van der Waals surface area contributed by atoms with Crippen LogP contribution in [-0.2, 0) is 22.6 Å². The third-order valence-corrected chi connectivity index (χ3v) is 5.54. The van der Waals surface area contributed by atoms with Gasteiger partial charge in [-0.2, -0.15) is 13.2 Å². The lowest BCUT2D eigenvalue weighted by Gasteiger charge is -2.30. The maximum atomic E-state index is 13.0. The molecule has 1 N–H and O–H groups in total. The van der Waals surface area contributed by atoms with Gasteiger partial charge in [-0.25, -0.2) is 0 Å². The van der Waals surface area contributed by atoms with Crippen molar-refractivity contribution in [2.45, 2.75) is 57.1 Å². The number of benzene rings is 1. The molecule has 0 radical (unpaired) electrons. The number of amides is 1. The van der Waals surface area contributed by atoms with Crippen LogP contribution in [0.1, 0.15) is 31.2 Å². The molecule has 1 aromatic heterocycles. The minimum atomic E-state index is -4.14. The summed E-state index contributed by atoms with van der Waals surface area (Å²) in [6.45, 7) is 2.54. The lowest BCUT2D eigenvalue weighted by Crippen LogP contribution is -2.49. The highest BCUT2D eigenvalue weighted by atomic mass is 19.4. The summed E-state index contributed by atoms with van der Waals surface area (Å²) in [6.07, 6.45) is -1.50. The first kappa shape index (κ1) is 20.2. The van der Waals surface area contributed by atoms with Crippen molar-refractivity contribution in [3.63, 3.8) is 0 Å². The number of para-hydroxylation sites is 1. The molecule has 8 heteroatoms. The molecule has 2 fully saturated rings. The van der Waals surface area contributed by atoms with E-state index >= 15 is 0 Å². The smallest absolute Gasteiger partial charge is 0.366 e. The van der Waals surface area contributed by atoms with E-state index in [4.69, 9.17) is 4.74 Å². The highest BCUT2D eigenvalue weighted by Crippen LogP contribution is 2.32. The standard InChI is InChI=1S/C21H26F3N3O2/c22-21(23,24)8-3-10-26-13-15(17-4-1-2-5-18(17)26)14-27(16-6-7-16)20(28)19-12-25-9-11-29-19/h1-2,4-5,13,16,19,25H,3,6-12,14H2. The third kappa shape index (κ3) is 4.93. The second-order valence-electron chi connectivity index (χ2n) is 7.84. The van der Waals surface area contributed by atoms with Gasteiger partial charge in [0.1, 0.15) is 6.10 Å². The highest BCUT2D eigenvalue weighted by molar-refractivity contribution is 5.86. The van der Waals surface area contributed by atoms with Gasteiger partial charge in [0.05, 0.1) is 6.61 Å². The van der Waals surface area contributed by atoms with Crippen molar-refractivity contribution in [2.24, 2.45) is 0 Å². The summed E-state index contributed by atoms with van der Waals surface area (Å²) >= 11 is 0. The molecule has 1 aliphatic heterocycles. The van der Waals surface area contributed by atoms with Gasteiger partial charge in [0.25, 0.3) is 5.91 Å². The van der Waals surface area contributed by atoms with E-state index in [1.165, 1.54) is 0 Å². The van der Waals surface area contributed by atoms with Gasteiger partial charge in [0.2, 0.25) is 0 Å². The van der Waals surface area contributed by atoms with Crippen LogP contribution in [0.25, 0.3) is 10.9 Å². The quantitative estimate of drug-likeness (QED) is 0.762. The first-order valence-electron chi connectivity index (χ1n) is 10.2. The molecule has 158 valence electrons. The fourth-order valence-electron chi connectivity index (χ4n) is 3.95. The number of carbonyl (C=O) groups is 1. The Balaban J connectivity index is 1.53. The van der Waals surface area contributed by atoms with Crippen LogP contribution >= 0.6 is 0 Å². The van der Waals surface area contributed by atoms with Crippen LogP contribution in [0.2, 0.25) is 0 Å². The fraction of sp³-hybridized carbons (Fsp3) is 0.571. The Hall–Kier alpha value is -2.06. The lowest BCUT2D eigenvalue weighted by molar-refractivity contribution is -0.146. The number of rotatable bonds is 7. The predicted octanol–water partition coefficient (Wildman–Crippen LogP) is 3.46. The number of nitrogens with zero attached hydrogens (tertiary/aromatic N) is 2. The van der Waals surface area contributed by atoms with E-state index < -0.39 is 18.7 Å². The van der Waals surface area contributed by atoms with Crippen LogP contribution < -0.4 is 5.32 Å². The van der Waals surface area contributed by atoms with Gasteiger partial charge in [-0.15, -0.1) is 0 Å². The predicted molar refractivity (Wildman–Crippen MR) is 103 cm³/mol. The molecule has 1 aromatic carbocycles. The van der Waals surface area contributed by atoms with E-state index in [9.17, 15) is 18.0 Å². The van der Waals surface area contributed by atoms with E-state index in [-0.39, 0.29) is 18.4 Å². The molecule has 1 atom stereocenters. The average molecular weight is 409 g/mol. The number of ether oxygens (including phenoxy) is 1. The largest absolute Gasteiger partial charge is 0.389 e. The Labute approximate surface area is 167 Å². The van der Waals surface area contributed by atoms with Crippen LogP contribution in [0.3, 0.4) is 0 Å². The molecular weight excluding hydrogens is 383 g/mol. The number of hydrogen-bond acceptors (Lipinski definition) is 3. The Morgan fingerprint density at radius 2 is 2.07 bits per heavy atom. The number of aryl methyl sites for hydroxylation is 1. The third-order valence-electron chi connectivity index (χ3n) is 5.54. The summed E-state index contributed by atoms with van der Waals surface area (Å²) in [5.74, 6) is -0.00592. The number of carbonyl (C=O) groups excluding carboxylic acids is 1. The van der Waals surface area contributed by atoms with Gasteiger partial charge < -0.3 is 19.5 Å². The summed E-state index contributed by atoms with van der Waals surface area (Å²) in [7, 11) is 0. The van der Waals surface area contributed by atoms with Gasteiger partial charge in [0.15, 0.2) is 0 Å². The SMILES string of the molecule is O=C(C1CNCCO1)N(Cc1cn(CCCC(F)(F)F)c2ccccc12)C1CC1. The summed E-state index contributed by atoms with van der Waals surface area (Å²) in [5, 5.41) is 4.18. The van der Waals surface area contributed by atoms with Gasteiger partial charge in [-0.3, -0.25) is 4.79 Å². The first-order valence-corrected chi connectivity index (χ1v) is 10.2. The molecule has 2 aromatic rings. The zero-order valence-electron chi connectivity index (χ0n) is 16.3. The molecule has 0 bridgehead atoms. The van der Waals surface area contributed by atoms with E-state index in [1.54, 1.807) is 0 Å². The number of fused-ring (bicyclic) bond motifs is 1. The highest BCUT2D eigenvalue weighted by Gasteiger charge is 2.37. The summed E-state index contributed by atoms with van der Waals surface area (Å²) in [6, 6.07) is 7.92. The molecule has 1 amide bonds. The van der Waals surface area contributed by atoms with Crippen LogP contribution in [-0.4, -0.2) is 53.4 Å². The molecule has 4 rings (SSSR count). The number of alkyl halides is 3. The molecule has 2 heterocycles. The Bertz CT molecular complexity index is 854. The second-order valence-corrected chi connectivity index (χ2v) is 7.84. The Kier molecular flexibility index (Phi) is 5.83. The Morgan fingerprint density at radius 1 is 1.28 bits per heavy atom. The molecule has 2 aliphatic rings. The van der Waals surface area contributed by atoms with Crippen LogP contribution in [0.4, 0.5) is 13.2 Å². The summed E-state index contributed by atoms with van der Waals surface area (Å²) < 4.78 is 45.1. The van der Waals surface area contributed by atoms with Crippen molar-refractivity contribution >= 4 is 16.8 Å². The molecule has 1 aliphatic carbocycles. The monoisotopic (exact) mass is 409 g/mol. The lowest BCUT2D eigenvalue weighted by atomic mass is 10.1. The average Bonchev–Trinajstić information content (AvgIpc) is 3.49. The van der Waals surface area contributed by atoms with Gasteiger partial charge in [0, 0.05) is 55.7 Å². The van der Waals surface area contributed by atoms with Crippen molar-refractivity contribution in [3.8, 4) is 0 Å². The Morgan fingerprint density at radius 3 is 2.76 bits per heavy atom. The topological polar surface area (TPSA) is 46.5 Å². The minimum Gasteiger partial charge on any atom is -0.366 e. The zero-order chi connectivity index (χ0) is 20.4. The van der Waals surface area contributed by atoms with Gasteiger partial charge in [-0.05, 0) is 30.9 Å². The minimum absolute atomic E-state index is 0.00592. The van der Waals surface area contributed by atoms with Crippen LogP contribution in [0.15, 0.2) is 30.5 Å². The van der Waals surface area contributed by atoms with Crippen LogP contribution in [0.5, 0.6) is 0 Å². The maximum Gasteiger partial charge on any atom is 0.389 e. The van der Waals surface area contributed by atoms with E-state index in [1.807, 2.05) is 39.9 Å². The number of halogens is 3. The number of aromatic nitrogens is 1. The van der Waals surface area contributed by atoms with Crippen molar-refractivity contribution in [1.29, 1.82) is 0 Å². The van der Waals surface area contributed by atoms with Crippen molar-refractivity contribution in [1.82, 2.24) is 14.8 Å². The molecule has 1 unspecified atom stereocenters. The van der Waals surface area contributed by atoms with Crippen molar-refractivity contribution in [2.75, 3.05) is 19.7 Å².